The molecule has 0 saturated heterocycles. The first-order valence-electron chi connectivity index (χ1n) is 4.38. The van der Waals surface area contributed by atoms with Gasteiger partial charge >= 0.3 is 0 Å². The molecular formula is C10H9F2NO. The van der Waals surface area contributed by atoms with Crippen LogP contribution in [0, 0.1) is 0 Å². The summed E-state index contributed by atoms with van der Waals surface area (Å²) in [6.45, 7) is 1.94. The summed E-state index contributed by atoms with van der Waals surface area (Å²) in [6, 6.07) is 3.07. The van der Waals surface area contributed by atoms with Crippen molar-refractivity contribution in [2.24, 2.45) is 0 Å². The number of halogens is 2. The van der Waals surface area contributed by atoms with E-state index in [4.69, 9.17) is 4.42 Å². The summed E-state index contributed by atoms with van der Waals surface area (Å²) in [5, 5.41) is 0. The third-order valence-corrected chi connectivity index (χ3v) is 2.11. The summed E-state index contributed by atoms with van der Waals surface area (Å²) in [5.74, 6) is -0.312. The molecule has 2 heterocycles. The van der Waals surface area contributed by atoms with Gasteiger partial charge in [-0.05, 0) is 18.1 Å². The Morgan fingerprint density at radius 1 is 1.50 bits per heavy atom. The van der Waals surface area contributed by atoms with E-state index in [9.17, 15) is 8.78 Å². The highest BCUT2D eigenvalue weighted by Crippen LogP contribution is 2.27. The molecule has 0 radical (unpaired) electrons. The van der Waals surface area contributed by atoms with Gasteiger partial charge in [0, 0.05) is 12.3 Å². The standard InChI is InChI=1S/C10H9F2NO/c1-2-6-3-4-13-7-5-8(10(11)12)14-9(6)7/h3-5,10H,2H2,1H3. The molecule has 0 unspecified atom stereocenters. The highest BCUT2D eigenvalue weighted by Gasteiger charge is 2.15. The molecule has 0 spiro atoms. The fourth-order valence-electron chi connectivity index (χ4n) is 1.40. The van der Waals surface area contributed by atoms with Crippen molar-refractivity contribution in [2.45, 2.75) is 19.8 Å². The van der Waals surface area contributed by atoms with Crippen LogP contribution in [0.5, 0.6) is 0 Å². The SMILES string of the molecule is CCc1ccnc2cc(C(F)F)oc12. The second kappa shape index (κ2) is 3.36. The van der Waals surface area contributed by atoms with Crippen molar-refractivity contribution in [3.05, 3.63) is 29.7 Å². The smallest absolute Gasteiger partial charge is 0.295 e. The zero-order valence-electron chi connectivity index (χ0n) is 7.63. The topological polar surface area (TPSA) is 26.0 Å². The van der Waals surface area contributed by atoms with E-state index in [0.717, 1.165) is 12.0 Å². The van der Waals surface area contributed by atoms with Gasteiger partial charge in [0.1, 0.15) is 5.52 Å². The number of fused-ring (bicyclic) bond motifs is 1. The lowest BCUT2D eigenvalue weighted by molar-refractivity contribution is 0.124. The summed E-state index contributed by atoms with van der Waals surface area (Å²) in [5.41, 5.74) is 1.88. The van der Waals surface area contributed by atoms with E-state index in [1.807, 2.05) is 6.92 Å². The summed E-state index contributed by atoms with van der Waals surface area (Å²) in [6.07, 6.45) is -0.227. The van der Waals surface area contributed by atoms with Crippen molar-refractivity contribution >= 4 is 11.1 Å². The first kappa shape index (κ1) is 9.12. The number of aromatic nitrogens is 1. The summed E-state index contributed by atoms with van der Waals surface area (Å²) in [4.78, 5) is 3.97. The van der Waals surface area contributed by atoms with Crippen LogP contribution in [-0.2, 0) is 6.42 Å². The zero-order valence-corrected chi connectivity index (χ0v) is 7.63. The lowest BCUT2D eigenvalue weighted by atomic mass is 10.2. The number of alkyl halides is 2. The van der Waals surface area contributed by atoms with Gasteiger partial charge in [0.05, 0.1) is 0 Å². The average molecular weight is 197 g/mol. The minimum absolute atomic E-state index is 0.312. The maximum Gasteiger partial charge on any atom is 0.295 e. The van der Waals surface area contributed by atoms with Crippen LogP contribution in [0.2, 0.25) is 0 Å². The second-order valence-electron chi connectivity index (χ2n) is 2.99. The number of hydrogen-bond acceptors (Lipinski definition) is 2. The van der Waals surface area contributed by atoms with Crippen LogP contribution in [0.25, 0.3) is 11.1 Å². The predicted octanol–water partition coefficient (Wildman–Crippen LogP) is 3.33. The molecule has 74 valence electrons. The van der Waals surface area contributed by atoms with E-state index in [1.54, 1.807) is 12.3 Å². The molecule has 2 rings (SSSR count). The average Bonchev–Trinajstić information content (AvgIpc) is 2.60. The molecule has 14 heavy (non-hydrogen) atoms. The van der Waals surface area contributed by atoms with Gasteiger partial charge < -0.3 is 4.42 Å². The number of furan rings is 1. The van der Waals surface area contributed by atoms with Gasteiger partial charge in [-0.2, -0.15) is 0 Å². The van der Waals surface area contributed by atoms with Gasteiger partial charge in [-0.25, -0.2) is 8.78 Å². The molecule has 0 N–H and O–H groups in total. The van der Waals surface area contributed by atoms with Crippen LogP contribution in [-0.4, -0.2) is 4.98 Å². The van der Waals surface area contributed by atoms with E-state index < -0.39 is 6.43 Å². The van der Waals surface area contributed by atoms with E-state index in [1.165, 1.54) is 6.07 Å². The molecule has 2 aromatic heterocycles. The Hall–Kier alpha value is -1.45. The fraction of sp³-hybridized carbons (Fsp3) is 0.300. The number of aryl methyl sites for hydroxylation is 1. The first-order valence-corrected chi connectivity index (χ1v) is 4.38. The van der Waals surface area contributed by atoms with Crippen LogP contribution in [0.3, 0.4) is 0 Å². The lowest BCUT2D eigenvalue weighted by Gasteiger charge is -1.95. The first-order chi connectivity index (χ1) is 6.72. The van der Waals surface area contributed by atoms with E-state index >= 15 is 0 Å². The van der Waals surface area contributed by atoms with Gasteiger partial charge in [0.2, 0.25) is 0 Å². The van der Waals surface area contributed by atoms with Crippen LogP contribution < -0.4 is 0 Å². The Morgan fingerprint density at radius 3 is 2.93 bits per heavy atom. The molecule has 4 heteroatoms. The highest BCUT2D eigenvalue weighted by molar-refractivity contribution is 5.76. The summed E-state index contributed by atoms with van der Waals surface area (Å²) < 4.78 is 29.7. The summed E-state index contributed by atoms with van der Waals surface area (Å²) in [7, 11) is 0. The maximum atomic E-state index is 12.3. The molecule has 0 atom stereocenters. The van der Waals surface area contributed by atoms with Crippen LogP contribution in [0.4, 0.5) is 8.78 Å². The molecular weight excluding hydrogens is 188 g/mol. The van der Waals surface area contributed by atoms with E-state index in [0.29, 0.717) is 11.1 Å². The van der Waals surface area contributed by atoms with Crippen molar-refractivity contribution in [1.29, 1.82) is 0 Å². The van der Waals surface area contributed by atoms with Gasteiger partial charge in [0.15, 0.2) is 11.3 Å². The van der Waals surface area contributed by atoms with Gasteiger partial charge in [-0.1, -0.05) is 6.92 Å². The quantitative estimate of drug-likeness (QED) is 0.738. The number of hydrogen-bond donors (Lipinski definition) is 0. The molecule has 0 aliphatic rings. The Bertz CT molecular complexity index is 450. The number of pyridine rings is 1. The summed E-state index contributed by atoms with van der Waals surface area (Å²) >= 11 is 0. The van der Waals surface area contributed by atoms with Crippen molar-refractivity contribution in [3.8, 4) is 0 Å². The molecule has 0 saturated carbocycles. The Balaban J connectivity index is 2.64. The van der Waals surface area contributed by atoms with Crippen LogP contribution in [0.15, 0.2) is 22.7 Å². The maximum absolute atomic E-state index is 12.3. The van der Waals surface area contributed by atoms with E-state index in [2.05, 4.69) is 4.98 Å². The Labute approximate surface area is 79.6 Å². The number of nitrogens with zero attached hydrogens (tertiary/aromatic N) is 1. The van der Waals surface area contributed by atoms with Crippen molar-refractivity contribution in [2.75, 3.05) is 0 Å². The molecule has 0 aliphatic heterocycles. The molecule has 0 amide bonds. The molecule has 2 aromatic rings. The van der Waals surface area contributed by atoms with Crippen molar-refractivity contribution in [1.82, 2.24) is 4.98 Å². The third kappa shape index (κ3) is 1.36. The highest BCUT2D eigenvalue weighted by atomic mass is 19.3. The predicted molar refractivity (Wildman–Crippen MR) is 48.3 cm³/mol. The lowest BCUT2D eigenvalue weighted by Crippen LogP contribution is -1.81. The molecule has 0 fully saturated rings. The monoisotopic (exact) mass is 197 g/mol. The van der Waals surface area contributed by atoms with Gasteiger partial charge in [0.25, 0.3) is 6.43 Å². The minimum atomic E-state index is -2.58. The minimum Gasteiger partial charge on any atom is -0.453 e. The van der Waals surface area contributed by atoms with Gasteiger partial charge in [-0.15, -0.1) is 0 Å². The zero-order chi connectivity index (χ0) is 10.1. The Kier molecular flexibility index (Phi) is 2.19. The number of rotatable bonds is 2. The van der Waals surface area contributed by atoms with Gasteiger partial charge in [-0.3, -0.25) is 4.98 Å². The van der Waals surface area contributed by atoms with Crippen LogP contribution >= 0.6 is 0 Å². The normalized spacial score (nSPS) is 11.4. The molecule has 0 aliphatic carbocycles. The Morgan fingerprint density at radius 2 is 2.29 bits per heavy atom. The molecule has 2 nitrogen and oxygen atoms in total. The van der Waals surface area contributed by atoms with Crippen LogP contribution in [0.1, 0.15) is 24.7 Å². The fourth-order valence-corrected chi connectivity index (χ4v) is 1.40. The largest absolute Gasteiger partial charge is 0.453 e. The van der Waals surface area contributed by atoms with Crippen molar-refractivity contribution < 1.29 is 13.2 Å². The van der Waals surface area contributed by atoms with Crippen molar-refractivity contribution in [3.63, 3.8) is 0 Å². The molecule has 0 aromatic carbocycles. The third-order valence-electron chi connectivity index (χ3n) is 2.11. The second-order valence-corrected chi connectivity index (χ2v) is 2.99. The molecule has 0 bridgehead atoms. The van der Waals surface area contributed by atoms with E-state index in [-0.39, 0.29) is 5.76 Å².